The van der Waals surface area contributed by atoms with Crippen LogP contribution in [0.15, 0.2) is 28.9 Å². The second-order valence-electron chi connectivity index (χ2n) is 4.40. The van der Waals surface area contributed by atoms with Crippen molar-refractivity contribution in [2.45, 2.75) is 23.4 Å². The summed E-state index contributed by atoms with van der Waals surface area (Å²) in [4.78, 5) is 3.74. The number of thiazole rings is 1. The minimum atomic E-state index is -4.74. The maximum absolute atomic E-state index is 13.1. The van der Waals surface area contributed by atoms with Gasteiger partial charge in [-0.2, -0.15) is 17.9 Å². The molecule has 0 aromatic carbocycles. The van der Waals surface area contributed by atoms with Crippen LogP contribution in [0.3, 0.4) is 0 Å². The third-order valence-electron chi connectivity index (χ3n) is 2.65. The van der Waals surface area contributed by atoms with Crippen molar-refractivity contribution < 1.29 is 21.6 Å². The molecule has 2 aromatic heterocycles. The van der Waals surface area contributed by atoms with Crippen LogP contribution in [0.1, 0.15) is 16.6 Å². The van der Waals surface area contributed by atoms with Crippen LogP contribution < -0.4 is 4.72 Å². The number of aryl methyl sites for hydroxylation is 2. The predicted molar refractivity (Wildman–Crippen MR) is 71.4 cm³/mol. The molecule has 2 heterocycles. The third-order valence-corrected chi connectivity index (χ3v) is 5.45. The maximum atomic E-state index is 13.1. The quantitative estimate of drug-likeness (QED) is 0.930. The number of nitrogens with one attached hydrogen (secondary N) is 1. The van der Waals surface area contributed by atoms with E-state index in [2.05, 4.69) is 4.98 Å². The summed E-state index contributed by atoms with van der Waals surface area (Å²) in [5.41, 5.74) is -0.171. The van der Waals surface area contributed by atoms with E-state index in [4.69, 9.17) is 0 Å². The molecular weight excluding hydrogens is 327 g/mol. The summed E-state index contributed by atoms with van der Waals surface area (Å²) in [5, 5.41) is 0.457. The molecule has 0 saturated heterocycles. The van der Waals surface area contributed by atoms with Gasteiger partial charge in [-0.1, -0.05) is 0 Å². The molecule has 0 aliphatic rings. The van der Waals surface area contributed by atoms with Gasteiger partial charge >= 0.3 is 6.18 Å². The van der Waals surface area contributed by atoms with Crippen LogP contribution in [-0.4, -0.2) is 24.1 Å². The van der Waals surface area contributed by atoms with Gasteiger partial charge in [0.1, 0.15) is 6.04 Å². The molecule has 2 rings (SSSR count). The highest BCUT2D eigenvalue weighted by atomic mass is 32.2. The number of aromatic nitrogens is 2. The van der Waals surface area contributed by atoms with Crippen LogP contribution in [0.4, 0.5) is 13.2 Å². The van der Waals surface area contributed by atoms with E-state index in [0.29, 0.717) is 5.01 Å². The molecule has 10 heteroatoms. The fourth-order valence-corrected chi connectivity index (χ4v) is 4.03. The molecule has 0 fully saturated rings. The zero-order chi connectivity index (χ0) is 15.8. The molecule has 0 spiro atoms. The number of halogens is 3. The number of alkyl halides is 3. The number of hydrogen-bond acceptors (Lipinski definition) is 4. The standard InChI is InChI=1S/C11H12F3N3O2S2/c1-7-15-5-9(20-7)21(18,19)16-10(11(12,13)14)8-3-4-17(2)6-8/h3-6,10,16H,1-2H3. The lowest BCUT2D eigenvalue weighted by Crippen LogP contribution is -2.37. The van der Waals surface area contributed by atoms with Crippen LogP contribution in [-0.2, 0) is 17.1 Å². The van der Waals surface area contributed by atoms with Gasteiger partial charge < -0.3 is 4.57 Å². The van der Waals surface area contributed by atoms with E-state index in [-0.39, 0.29) is 9.77 Å². The molecule has 1 atom stereocenters. The first-order valence-corrected chi connectivity index (χ1v) is 8.03. The van der Waals surface area contributed by atoms with Crippen molar-refractivity contribution in [1.82, 2.24) is 14.3 Å². The summed E-state index contributed by atoms with van der Waals surface area (Å²) in [6.45, 7) is 1.57. The molecule has 0 radical (unpaired) electrons. The molecule has 116 valence electrons. The SMILES string of the molecule is Cc1ncc(S(=O)(=O)NC(c2ccn(C)c2)C(F)(F)F)s1. The summed E-state index contributed by atoms with van der Waals surface area (Å²) >= 11 is 0.814. The molecule has 0 bridgehead atoms. The van der Waals surface area contributed by atoms with E-state index in [0.717, 1.165) is 17.5 Å². The lowest BCUT2D eigenvalue weighted by Gasteiger charge is -2.20. The summed E-state index contributed by atoms with van der Waals surface area (Å²) < 4.78 is 66.3. The Kier molecular flexibility index (Phi) is 4.13. The number of hydrogen-bond donors (Lipinski definition) is 1. The van der Waals surface area contributed by atoms with Crippen LogP contribution in [0.5, 0.6) is 0 Å². The van der Waals surface area contributed by atoms with E-state index in [1.165, 1.54) is 23.0 Å². The van der Waals surface area contributed by atoms with E-state index < -0.39 is 22.2 Å². The molecule has 0 saturated carbocycles. The van der Waals surface area contributed by atoms with Crippen LogP contribution >= 0.6 is 11.3 Å². The van der Waals surface area contributed by atoms with E-state index in [1.54, 1.807) is 18.7 Å². The Morgan fingerprint density at radius 2 is 2.10 bits per heavy atom. The fraction of sp³-hybridized carbons (Fsp3) is 0.364. The van der Waals surface area contributed by atoms with E-state index in [1.807, 2.05) is 0 Å². The van der Waals surface area contributed by atoms with Gasteiger partial charge in [-0.25, -0.2) is 13.4 Å². The van der Waals surface area contributed by atoms with Gasteiger partial charge in [-0.15, -0.1) is 11.3 Å². The number of rotatable bonds is 4. The molecule has 0 aliphatic carbocycles. The Bertz CT molecular complexity index is 734. The van der Waals surface area contributed by atoms with Gasteiger partial charge in [-0.3, -0.25) is 0 Å². The lowest BCUT2D eigenvalue weighted by molar-refractivity contribution is -0.153. The number of sulfonamides is 1. The van der Waals surface area contributed by atoms with Gasteiger partial charge in [0.15, 0.2) is 4.21 Å². The second kappa shape index (κ2) is 5.43. The van der Waals surface area contributed by atoms with Crippen LogP contribution in [0.25, 0.3) is 0 Å². The van der Waals surface area contributed by atoms with Crippen molar-refractivity contribution in [3.63, 3.8) is 0 Å². The van der Waals surface area contributed by atoms with Crippen molar-refractivity contribution >= 4 is 21.4 Å². The van der Waals surface area contributed by atoms with Crippen LogP contribution in [0, 0.1) is 6.92 Å². The highest BCUT2D eigenvalue weighted by Crippen LogP contribution is 2.34. The molecule has 0 amide bonds. The first kappa shape index (κ1) is 16.0. The first-order chi connectivity index (χ1) is 9.59. The smallest absolute Gasteiger partial charge is 0.357 e. The largest absolute Gasteiger partial charge is 0.408 e. The predicted octanol–water partition coefficient (Wildman–Crippen LogP) is 2.37. The van der Waals surface area contributed by atoms with Gasteiger partial charge in [0, 0.05) is 19.4 Å². The molecule has 5 nitrogen and oxygen atoms in total. The Morgan fingerprint density at radius 3 is 2.52 bits per heavy atom. The topological polar surface area (TPSA) is 64.0 Å². The summed E-state index contributed by atoms with van der Waals surface area (Å²) in [5.74, 6) is 0. The van der Waals surface area contributed by atoms with E-state index >= 15 is 0 Å². The fourth-order valence-electron chi connectivity index (χ4n) is 1.70. The summed E-state index contributed by atoms with van der Waals surface area (Å²) in [7, 11) is -2.73. The first-order valence-electron chi connectivity index (χ1n) is 5.73. The van der Waals surface area contributed by atoms with Crippen molar-refractivity contribution in [3.8, 4) is 0 Å². The minimum absolute atomic E-state index is 0.171. The zero-order valence-corrected chi connectivity index (χ0v) is 12.7. The lowest BCUT2D eigenvalue weighted by atomic mass is 10.1. The van der Waals surface area contributed by atoms with Gasteiger partial charge in [0.2, 0.25) is 0 Å². The normalized spacial score (nSPS) is 14.3. The van der Waals surface area contributed by atoms with Gasteiger partial charge in [-0.05, 0) is 18.6 Å². The Balaban J connectivity index is 2.36. The van der Waals surface area contributed by atoms with Crippen molar-refractivity contribution in [3.05, 3.63) is 35.2 Å². The Morgan fingerprint density at radius 1 is 1.43 bits per heavy atom. The molecule has 2 aromatic rings. The zero-order valence-electron chi connectivity index (χ0n) is 11.0. The molecule has 1 N–H and O–H groups in total. The molecule has 1 unspecified atom stereocenters. The Hall–Kier alpha value is -1.39. The highest BCUT2D eigenvalue weighted by molar-refractivity contribution is 7.91. The summed E-state index contributed by atoms with van der Waals surface area (Å²) in [6.07, 6.45) is -1.06. The molecule has 0 aliphatic heterocycles. The summed E-state index contributed by atoms with van der Waals surface area (Å²) in [6, 6.07) is -1.08. The van der Waals surface area contributed by atoms with Crippen molar-refractivity contribution in [2.24, 2.45) is 7.05 Å². The third kappa shape index (κ3) is 3.63. The van der Waals surface area contributed by atoms with E-state index in [9.17, 15) is 21.6 Å². The second-order valence-corrected chi connectivity index (χ2v) is 7.58. The van der Waals surface area contributed by atoms with Crippen molar-refractivity contribution in [2.75, 3.05) is 0 Å². The van der Waals surface area contributed by atoms with Gasteiger partial charge in [0.25, 0.3) is 10.0 Å². The molecule has 21 heavy (non-hydrogen) atoms. The van der Waals surface area contributed by atoms with Gasteiger partial charge in [0.05, 0.1) is 11.2 Å². The highest BCUT2D eigenvalue weighted by Gasteiger charge is 2.44. The van der Waals surface area contributed by atoms with Crippen LogP contribution in [0.2, 0.25) is 0 Å². The Labute approximate surface area is 123 Å². The number of nitrogens with zero attached hydrogens (tertiary/aromatic N) is 2. The molecular formula is C11H12F3N3O2S2. The average molecular weight is 339 g/mol. The maximum Gasteiger partial charge on any atom is 0.408 e. The van der Waals surface area contributed by atoms with Crippen molar-refractivity contribution in [1.29, 1.82) is 0 Å². The monoisotopic (exact) mass is 339 g/mol. The minimum Gasteiger partial charge on any atom is -0.357 e. The average Bonchev–Trinajstić information content (AvgIpc) is 2.94.